The van der Waals surface area contributed by atoms with Crippen LogP contribution in [-0.4, -0.2) is 23.7 Å². The number of carboxylic acids is 1. The fourth-order valence-electron chi connectivity index (χ4n) is 3.34. The summed E-state index contributed by atoms with van der Waals surface area (Å²) in [5.41, 5.74) is 0. The van der Waals surface area contributed by atoms with Crippen molar-refractivity contribution in [3.8, 4) is 0 Å². The first-order valence-corrected chi connectivity index (χ1v) is 11.0. The van der Waals surface area contributed by atoms with Crippen LogP contribution in [0.2, 0.25) is 0 Å². The van der Waals surface area contributed by atoms with Crippen LogP contribution in [0, 0.1) is 5.92 Å². The minimum atomic E-state index is -0.709. The third-order valence-electron chi connectivity index (χ3n) is 4.93. The molecule has 0 radical (unpaired) electrons. The van der Waals surface area contributed by atoms with Gasteiger partial charge in [-0.15, -0.1) is 0 Å². The number of unbranched alkanes of at least 4 members (excludes halogenated alkanes) is 13. The van der Waals surface area contributed by atoms with Gasteiger partial charge in [0.25, 0.3) is 0 Å². The molecule has 1 atom stereocenters. The number of hydrogen-bond donors (Lipinski definition) is 2. The van der Waals surface area contributed by atoms with Gasteiger partial charge in [-0.2, -0.15) is 0 Å². The van der Waals surface area contributed by atoms with E-state index in [9.17, 15) is 9.90 Å². The van der Waals surface area contributed by atoms with Crippen LogP contribution in [0.4, 0.5) is 0 Å². The molecule has 0 rings (SSSR count). The molecule has 0 aromatic carbocycles. The highest BCUT2D eigenvalue weighted by Crippen LogP contribution is 2.13. The lowest BCUT2D eigenvalue weighted by Gasteiger charge is -2.16. The zero-order chi connectivity index (χ0) is 18.8. The van der Waals surface area contributed by atoms with Gasteiger partial charge < -0.3 is 10.4 Å². The third kappa shape index (κ3) is 18.0. The molecule has 0 bridgehead atoms. The van der Waals surface area contributed by atoms with Crippen LogP contribution in [0.25, 0.3) is 0 Å². The highest BCUT2D eigenvalue weighted by molar-refractivity contribution is 5.73. The van der Waals surface area contributed by atoms with Crippen LogP contribution < -0.4 is 5.32 Å². The van der Waals surface area contributed by atoms with Crippen molar-refractivity contribution in [2.45, 2.75) is 123 Å². The Bertz CT molecular complexity index is 292. The van der Waals surface area contributed by atoms with Gasteiger partial charge in [0, 0.05) is 0 Å². The molecule has 0 saturated heterocycles. The molecule has 1 unspecified atom stereocenters. The molecule has 2 N–H and O–H groups in total. The number of hydrogen-bond acceptors (Lipinski definition) is 2. The molecule has 0 aromatic rings. The zero-order valence-corrected chi connectivity index (χ0v) is 17.3. The summed E-state index contributed by atoms with van der Waals surface area (Å²) in [5.74, 6) is -0.288. The summed E-state index contributed by atoms with van der Waals surface area (Å²) in [5, 5.41) is 12.4. The van der Waals surface area contributed by atoms with Crippen LogP contribution in [-0.2, 0) is 4.79 Å². The maximum Gasteiger partial charge on any atom is 0.320 e. The summed E-state index contributed by atoms with van der Waals surface area (Å²) in [6.45, 7) is 7.26. The highest BCUT2D eigenvalue weighted by atomic mass is 16.4. The van der Waals surface area contributed by atoms with E-state index in [1.165, 1.54) is 83.5 Å². The highest BCUT2D eigenvalue weighted by Gasteiger charge is 2.17. The number of carboxylic acid groups (broad SMARTS) is 1. The van der Waals surface area contributed by atoms with Crippen molar-refractivity contribution < 1.29 is 9.90 Å². The van der Waals surface area contributed by atoms with E-state index < -0.39 is 5.97 Å². The summed E-state index contributed by atoms with van der Waals surface area (Å²) < 4.78 is 0. The van der Waals surface area contributed by atoms with Crippen molar-refractivity contribution in [1.82, 2.24) is 5.32 Å². The van der Waals surface area contributed by atoms with E-state index in [4.69, 9.17) is 0 Å². The number of carbonyl (C=O) groups is 1. The standard InChI is InChI=1S/C22H45NO2/c1-4-5-6-7-8-9-10-11-12-13-14-15-16-17-18-23-21(22(24)25)19-20(2)3/h20-21,23H,4-19H2,1-3H3,(H,24,25). The van der Waals surface area contributed by atoms with Crippen LogP contribution >= 0.6 is 0 Å². The molecule has 0 fully saturated rings. The van der Waals surface area contributed by atoms with E-state index in [0.717, 1.165) is 13.0 Å². The molecular weight excluding hydrogens is 310 g/mol. The van der Waals surface area contributed by atoms with Crippen molar-refractivity contribution in [2.75, 3.05) is 6.54 Å². The van der Waals surface area contributed by atoms with Gasteiger partial charge in [-0.3, -0.25) is 4.79 Å². The first-order valence-electron chi connectivity index (χ1n) is 11.0. The average molecular weight is 356 g/mol. The van der Waals surface area contributed by atoms with Gasteiger partial charge in [-0.05, 0) is 25.3 Å². The topological polar surface area (TPSA) is 49.3 Å². The average Bonchev–Trinajstić information content (AvgIpc) is 2.56. The van der Waals surface area contributed by atoms with Crippen molar-refractivity contribution >= 4 is 5.97 Å². The Hall–Kier alpha value is -0.570. The van der Waals surface area contributed by atoms with Crippen LogP contribution in [0.3, 0.4) is 0 Å². The summed E-state index contributed by atoms with van der Waals surface area (Å²) >= 11 is 0. The monoisotopic (exact) mass is 355 g/mol. The summed E-state index contributed by atoms with van der Waals surface area (Å²) in [6, 6.07) is -0.373. The quantitative estimate of drug-likeness (QED) is 0.258. The minimum absolute atomic E-state index is 0.373. The predicted molar refractivity (Wildman–Crippen MR) is 109 cm³/mol. The second-order valence-electron chi connectivity index (χ2n) is 8.07. The molecule has 0 aliphatic rings. The first-order chi connectivity index (χ1) is 12.1. The molecule has 25 heavy (non-hydrogen) atoms. The maximum atomic E-state index is 11.2. The van der Waals surface area contributed by atoms with Crippen LogP contribution in [0.1, 0.15) is 117 Å². The van der Waals surface area contributed by atoms with Gasteiger partial charge in [-0.1, -0.05) is 104 Å². The Balaban J connectivity index is 3.26. The van der Waals surface area contributed by atoms with E-state index in [0.29, 0.717) is 12.3 Å². The van der Waals surface area contributed by atoms with Crippen molar-refractivity contribution in [2.24, 2.45) is 5.92 Å². The third-order valence-corrected chi connectivity index (χ3v) is 4.93. The normalized spacial score (nSPS) is 12.6. The van der Waals surface area contributed by atoms with E-state index in [2.05, 4.69) is 26.1 Å². The predicted octanol–water partition coefficient (Wildman–Crippen LogP) is 6.56. The zero-order valence-electron chi connectivity index (χ0n) is 17.3. The molecule has 0 aliphatic heterocycles. The Morgan fingerprint density at radius 3 is 1.52 bits per heavy atom. The Morgan fingerprint density at radius 1 is 0.760 bits per heavy atom. The van der Waals surface area contributed by atoms with Gasteiger partial charge in [-0.25, -0.2) is 0 Å². The number of nitrogens with one attached hydrogen (secondary N) is 1. The second kappa shape index (κ2) is 18.2. The van der Waals surface area contributed by atoms with Gasteiger partial charge in [0.15, 0.2) is 0 Å². The maximum absolute atomic E-state index is 11.2. The molecule has 3 nitrogen and oxygen atoms in total. The molecule has 0 heterocycles. The van der Waals surface area contributed by atoms with Crippen molar-refractivity contribution in [1.29, 1.82) is 0 Å². The smallest absolute Gasteiger partial charge is 0.320 e. The van der Waals surface area contributed by atoms with Gasteiger partial charge >= 0.3 is 5.97 Å². The van der Waals surface area contributed by atoms with Crippen LogP contribution in [0.5, 0.6) is 0 Å². The van der Waals surface area contributed by atoms with Gasteiger partial charge in [0.1, 0.15) is 6.04 Å². The molecule has 0 saturated carbocycles. The second-order valence-corrected chi connectivity index (χ2v) is 8.07. The Kier molecular flexibility index (Phi) is 17.8. The van der Waals surface area contributed by atoms with E-state index in [1.54, 1.807) is 0 Å². The summed E-state index contributed by atoms with van der Waals surface area (Å²) in [6.07, 6.45) is 19.7. The van der Waals surface area contributed by atoms with Crippen molar-refractivity contribution in [3.63, 3.8) is 0 Å². The lowest BCUT2D eigenvalue weighted by molar-refractivity contribution is -0.139. The lowest BCUT2D eigenvalue weighted by Crippen LogP contribution is -2.38. The van der Waals surface area contributed by atoms with E-state index in [1.807, 2.05) is 0 Å². The van der Waals surface area contributed by atoms with Gasteiger partial charge in [0.2, 0.25) is 0 Å². The van der Waals surface area contributed by atoms with Crippen LogP contribution in [0.15, 0.2) is 0 Å². The SMILES string of the molecule is CCCCCCCCCCCCCCCCNC(CC(C)C)C(=O)O. The number of aliphatic carboxylic acids is 1. The van der Waals surface area contributed by atoms with Gasteiger partial charge in [0.05, 0.1) is 0 Å². The molecule has 3 heteroatoms. The lowest BCUT2D eigenvalue weighted by atomic mass is 10.0. The number of rotatable bonds is 19. The Labute approximate surface area is 157 Å². The molecule has 150 valence electrons. The van der Waals surface area contributed by atoms with E-state index in [-0.39, 0.29) is 6.04 Å². The Morgan fingerprint density at radius 2 is 1.16 bits per heavy atom. The molecule has 0 aliphatic carbocycles. The van der Waals surface area contributed by atoms with Crippen molar-refractivity contribution in [3.05, 3.63) is 0 Å². The molecule has 0 amide bonds. The molecular formula is C22H45NO2. The first kappa shape index (κ1) is 24.4. The fraction of sp³-hybridized carbons (Fsp3) is 0.955. The summed E-state index contributed by atoms with van der Waals surface area (Å²) in [7, 11) is 0. The minimum Gasteiger partial charge on any atom is -0.480 e. The largest absolute Gasteiger partial charge is 0.480 e. The summed E-state index contributed by atoms with van der Waals surface area (Å²) in [4.78, 5) is 11.2. The molecule has 0 aromatic heterocycles. The van der Waals surface area contributed by atoms with E-state index >= 15 is 0 Å². The molecule has 0 spiro atoms. The fourth-order valence-corrected chi connectivity index (χ4v) is 3.34.